The van der Waals surface area contributed by atoms with Crippen molar-refractivity contribution < 1.29 is 14.3 Å². The topological polar surface area (TPSA) is 55.4 Å². The second kappa shape index (κ2) is 5.24. The zero-order valence-electron chi connectivity index (χ0n) is 9.53. The summed E-state index contributed by atoms with van der Waals surface area (Å²) in [5, 5.41) is 2.33. The Kier molecular flexibility index (Phi) is 4.91. The number of nitrogens with one attached hydrogen (secondary N) is 1. The van der Waals surface area contributed by atoms with Gasteiger partial charge < -0.3 is 10.1 Å². The molecule has 0 saturated heterocycles. The highest BCUT2D eigenvalue weighted by molar-refractivity contribution is 6.34. The molecular weight excluding hydrogens is 192 g/mol. The van der Waals surface area contributed by atoms with Gasteiger partial charge in [0, 0.05) is 6.92 Å². The maximum absolute atomic E-state index is 11.5. The molecule has 0 saturated carbocycles. The Morgan fingerprint density at radius 2 is 1.87 bits per heavy atom. The monoisotopic (exact) mass is 207 g/mol. The molecule has 1 amide bonds. The average Bonchev–Trinajstić information content (AvgIpc) is 2.13. The van der Waals surface area contributed by atoms with E-state index in [4.69, 9.17) is 15.7 Å². The first-order valence-corrected chi connectivity index (χ1v) is 4.67. The van der Waals surface area contributed by atoms with Gasteiger partial charge in [0.15, 0.2) is 0 Å². The standard InChI is InChI=1S/C9H15B2NO3/c1-5(2)7(10)9(11,8(14)15-4)12-6(3)13/h5,7H,1-4H3,(H,12,13). The molecule has 2 atom stereocenters. The van der Waals surface area contributed by atoms with Gasteiger partial charge in [0.2, 0.25) is 5.91 Å². The molecule has 6 heteroatoms. The number of esters is 1. The number of carbonyl (C=O) groups excluding carboxylic acids is 2. The van der Waals surface area contributed by atoms with E-state index in [9.17, 15) is 9.59 Å². The predicted molar refractivity (Wildman–Crippen MR) is 58.7 cm³/mol. The Morgan fingerprint density at radius 1 is 1.40 bits per heavy atom. The van der Waals surface area contributed by atoms with Crippen molar-refractivity contribution in [1.82, 2.24) is 5.32 Å². The molecule has 80 valence electrons. The lowest BCUT2D eigenvalue weighted by Gasteiger charge is -2.36. The number of methoxy groups -OCH3 is 1. The summed E-state index contributed by atoms with van der Waals surface area (Å²) >= 11 is 0. The van der Waals surface area contributed by atoms with Crippen LogP contribution in [-0.2, 0) is 14.3 Å². The molecule has 0 spiro atoms. The Bertz CT molecular complexity index is 258. The van der Waals surface area contributed by atoms with Crippen LogP contribution in [0.5, 0.6) is 0 Å². The van der Waals surface area contributed by atoms with Crippen molar-refractivity contribution in [2.45, 2.75) is 32.0 Å². The number of hydrogen-bond acceptors (Lipinski definition) is 3. The molecule has 0 aromatic heterocycles. The maximum Gasteiger partial charge on any atom is 0.321 e. The lowest BCUT2D eigenvalue weighted by Crippen LogP contribution is -2.59. The smallest absolute Gasteiger partial charge is 0.321 e. The summed E-state index contributed by atoms with van der Waals surface area (Å²) in [5.74, 6) is -1.97. The van der Waals surface area contributed by atoms with Crippen LogP contribution in [0.25, 0.3) is 0 Å². The molecule has 0 rings (SSSR count). The van der Waals surface area contributed by atoms with Crippen molar-refractivity contribution in [2.75, 3.05) is 7.11 Å². The van der Waals surface area contributed by atoms with E-state index in [1.165, 1.54) is 14.0 Å². The minimum absolute atomic E-state index is 0.0686. The van der Waals surface area contributed by atoms with Gasteiger partial charge in [0.05, 0.1) is 20.4 Å². The molecule has 2 unspecified atom stereocenters. The maximum atomic E-state index is 11.5. The van der Waals surface area contributed by atoms with Gasteiger partial charge >= 0.3 is 5.97 Å². The van der Waals surface area contributed by atoms with Crippen LogP contribution < -0.4 is 5.32 Å². The zero-order valence-corrected chi connectivity index (χ0v) is 9.53. The Hall–Kier alpha value is -0.930. The van der Waals surface area contributed by atoms with Gasteiger partial charge in [-0.05, 0) is 0 Å². The quantitative estimate of drug-likeness (QED) is 0.511. The minimum atomic E-state index is -1.67. The van der Waals surface area contributed by atoms with Gasteiger partial charge in [-0.2, -0.15) is 0 Å². The summed E-state index contributed by atoms with van der Waals surface area (Å²) in [6, 6.07) is 0. The highest BCUT2D eigenvalue weighted by Gasteiger charge is 2.40. The third-order valence-electron chi connectivity index (χ3n) is 2.15. The van der Waals surface area contributed by atoms with Gasteiger partial charge in [0.1, 0.15) is 7.85 Å². The van der Waals surface area contributed by atoms with Crippen molar-refractivity contribution in [3.8, 4) is 0 Å². The molecule has 0 aliphatic carbocycles. The van der Waals surface area contributed by atoms with E-state index in [1.807, 2.05) is 0 Å². The van der Waals surface area contributed by atoms with Crippen molar-refractivity contribution in [1.29, 1.82) is 0 Å². The van der Waals surface area contributed by atoms with Crippen molar-refractivity contribution in [2.24, 2.45) is 5.92 Å². The molecule has 4 nitrogen and oxygen atoms in total. The van der Waals surface area contributed by atoms with Crippen molar-refractivity contribution in [3.05, 3.63) is 0 Å². The first-order chi connectivity index (χ1) is 6.75. The van der Waals surface area contributed by atoms with Gasteiger partial charge in [-0.25, -0.2) is 0 Å². The van der Waals surface area contributed by atoms with E-state index in [2.05, 4.69) is 10.1 Å². The molecule has 15 heavy (non-hydrogen) atoms. The first kappa shape index (κ1) is 14.1. The van der Waals surface area contributed by atoms with Gasteiger partial charge in [-0.15, -0.1) is 0 Å². The SMILES string of the molecule is [B]C(C(C)C)C([B])(NC(C)=O)C(=O)OC. The highest BCUT2D eigenvalue weighted by Crippen LogP contribution is 2.26. The van der Waals surface area contributed by atoms with Crippen LogP contribution in [0.1, 0.15) is 20.8 Å². The second-order valence-corrected chi connectivity index (χ2v) is 3.81. The zero-order chi connectivity index (χ0) is 12.2. The number of carbonyl (C=O) groups is 2. The molecule has 1 N–H and O–H groups in total. The van der Waals surface area contributed by atoms with Crippen LogP contribution in [0.4, 0.5) is 0 Å². The fourth-order valence-corrected chi connectivity index (χ4v) is 1.26. The van der Waals surface area contributed by atoms with Crippen LogP contribution in [0.15, 0.2) is 0 Å². The minimum Gasteiger partial charge on any atom is -0.468 e. The summed E-state index contributed by atoms with van der Waals surface area (Å²) in [6.45, 7) is 4.87. The predicted octanol–water partition coefficient (Wildman–Crippen LogP) is -0.227. The second-order valence-electron chi connectivity index (χ2n) is 3.81. The molecule has 4 radical (unpaired) electrons. The molecule has 0 aliphatic rings. The van der Waals surface area contributed by atoms with Crippen LogP contribution in [0, 0.1) is 5.92 Å². The van der Waals surface area contributed by atoms with Crippen LogP contribution in [0.2, 0.25) is 5.82 Å². The molecule has 0 aromatic carbocycles. The lowest BCUT2D eigenvalue weighted by atomic mass is 9.56. The summed E-state index contributed by atoms with van der Waals surface area (Å²) in [6.07, 6.45) is 0. The van der Waals surface area contributed by atoms with E-state index >= 15 is 0 Å². The molecule has 0 aliphatic heterocycles. The van der Waals surface area contributed by atoms with Crippen LogP contribution >= 0.6 is 0 Å². The Morgan fingerprint density at radius 3 is 2.13 bits per heavy atom. The molecular formula is C9H15B2NO3. The number of ether oxygens (including phenoxy) is 1. The Balaban J connectivity index is 5.00. The van der Waals surface area contributed by atoms with E-state index in [0.29, 0.717) is 0 Å². The first-order valence-electron chi connectivity index (χ1n) is 4.67. The average molecular weight is 207 g/mol. The molecule has 0 fully saturated rings. The van der Waals surface area contributed by atoms with E-state index in [1.54, 1.807) is 13.8 Å². The lowest BCUT2D eigenvalue weighted by molar-refractivity contribution is -0.147. The largest absolute Gasteiger partial charge is 0.468 e. The van der Waals surface area contributed by atoms with Crippen LogP contribution in [0.3, 0.4) is 0 Å². The van der Waals surface area contributed by atoms with Crippen LogP contribution in [-0.4, -0.2) is 40.1 Å². The third kappa shape index (κ3) is 3.29. The van der Waals surface area contributed by atoms with Gasteiger partial charge in [0.25, 0.3) is 0 Å². The fraction of sp³-hybridized carbons (Fsp3) is 0.778. The van der Waals surface area contributed by atoms with Gasteiger partial charge in [-0.3, -0.25) is 9.59 Å². The molecule has 0 bridgehead atoms. The normalized spacial score (nSPS) is 16.6. The summed E-state index contributed by atoms with van der Waals surface area (Å²) in [7, 11) is 12.7. The number of hydrogen-bond donors (Lipinski definition) is 1. The van der Waals surface area contributed by atoms with Crippen molar-refractivity contribution >= 4 is 27.6 Å². The fourth-order valence-electron chi connectivity index (χ4n) is 1.26. The summed E-state index contributed by atoms with van der Waals surface area (Å²) in [5.41, 5.74) is -1.67. The molecule has 0 aromatic rings. The van der Waals surface area contributed by atoms with E-state index in [-0.39, 0.29) is 5.92 Å². The van der Waals surface area contributed by atoms with E-state index in [0.717, 1.165) is 0 Å². The van der Waals surface area contributed by atoms with E-state index < -0.39 is 23.1 Å². The van der Waals surface area contributed by atoms with Crippen molar-refractivity contribution in [3.63, 3.8) is 0 Å². The summed E-state index contributed by atoms with van der Waals surface area (Å²) < 4.78 is 4.53. The number of rotatable bonds is 4. The van der Waals surface area contributed by atoms with Gasteiger partial charge in [-0.1, -0.05) is 25.6 Å². The third-order valence-corrected chi connectivity index (χ3v) is 2.15. The summed E-state index contributed by atoms with van der Waals surface area (Å²) in [4.78, 5) is 22.4. The highest BCUT2D eigenvalue weighted by atomic mass is 16.5. The molecule has 0 heterocycles. The number of amides is 1. The Labute approximate surface area is 92.9 Å².